The molecule has 0 amide bonds. The van der Waals surface area contributed by atoms with Gasteiger partial charge in [-0.15, -0.1) is 6.58 Å². The maximum absolute atomic E-state index is 14.5. The summed E-state index contributed by atoms with van der Waals surface area (Å²) in [6.07, 6.45) is 1.95. The van der Waals surface area contributed by atoms with Crippen molar-refractivity contribution in [1.82, 2.24) is 9.88 Å². The molecule has 0 spiro atoms. The highest BCUT2D eigenvalue weighted by Gasteiger charge is 2.43. The van der Waals surface area contributed by atoms with Crippen molar-refractivity contribution in [3.63, 3.8) is 0 Å². The van der Waals surface area contributed by atoms with Crippen LogP contribution >= 0.6 is 0 Å². The SMILES string of the molecule is C=CCC1=CC=C(C(F)(F)F)N(Cc2ccc(NS(C)(=O)=O)c(F)c2)C1Oc1cccnc1. The fourth-order valence-electron chi connectivity index (χ4n) is 3.27. The fourth-order valence-corrected chi connectivity index (χ4v) is 3.84. The number of halogens is 4. The highest BCUT2D eigenvalue weighted by molar-refractivity contribution is 7.92. The zero-order valence-corrected chi connectivity index (χ0v) is 18.3. The van der Waals surface area contributed by atoms with Gasteiger partial charge < -0.3 is 9.64 Å². The number of aromatic nitrogens is 1. The number of benzene rings is 1. The van der Waals surface area contributed by atoms with Gasteiger partial charge in [-0.05, 0) is 47.9 Å². The summed E-state index contributed by atoms with van der Waals surface area (Å²) >= 11 is 0. The van der Waals surface area contributed by atoms with E-state index in [1.54, 1.807) is 18.2 Å². The van der Waals surface area contributed by atoms with Crippen molar-refractivity contribution in [1.29, 1.82) is 0 Å². The van der Waals surface area contributed by atoms with Crippen molar-refractivity contribution in [2.75, 3.05) is 11.0 Å². The Morgan fingerprint density at radius 1 is 1.27 bits per heavy atom. The Hall–Kier alpha value is -3.34. The predicted molar refractivity (Wildman–Crippen MR) is 116 cm³/mol. The first kappa shape index (κ1) is 24.3. The lowest BCUT2D eigenvalue weighted by molar-refractivity contribution is -0.125. The zero-order valence-electron chi connectivity index (χ0n) is 17.5. The number of anilines is 1. The minimum atomic E-state index is -4.71. The molecule has 2 heterocycles. The number of nitrogens with one attached hydrogen (secondary N) is 1. The predicted octanol–water partition coefficient (Wildman–Crippen LogP) is 4.76. The van der Waals surface area contributed by atoms with Gasteiger partial charge in [0.05, 0.1) is 18.1 Å². The monoisotopic (exact) mass is 483 g/mol. The quantitative estimate of drug-likeness (QED) is 0.433. The second-order valence-electron chi connectivity index (χ2n) is 7.26. The van der Waals surface area contributed by atoms with Crippen molar-refractivity contribution in [3.05, 3.63) is 90.2 Å². The van der Waals surface area contributed by atoms with Crippen molar-refractivity contribution in [3.8, 4) is 5.75 Å². The molecule has 1 aromatic heterocycles. The molecule has 0 aliphatic carbocycles. The minimum absolute atomic E-state index is 0.182. The topological polar surface area (TPSA) is 71.5 Å². The molecule has 0 fully saturated rings. The van der Waals surface area contributed by atoms with Crippen LogP contribution in [-0.4, -0.2) is 37.0 Å². The van der Waals surface area contributed by atoms with Crippen LogP contribution in [0, 0.1) is 5.82 Å². The summed E-state index contributed by atoms with van der Waals surface area (Å²) in [6.45, 7) is 3.29. The lowest BCUT2D eigenvalue weighted by Crippen LogP contribution is -2.45. The van der Waals surface area contributed by atoms with Crippen LogP contribution in [0.3, 0.4) is 0 Å². The van der Waals surface area contributed by atoms with Crippen LogP contribution in [0.4, 0.5) is 23.2 Å². The number of hydrogen-bond donors (Lipinski definition) is 1. The smallest absolute Gasteiger partial charge is 0.431 e. The third-order valence-corrected chi connectivity index (χ3v) is 5.19. The van der Waals surface area contributed by atoms with E-state index >= 15 is 0 Å². The van der Waals surface area contributed by atoms with Crippen LogP contribution in [-0.2, 0) is 16.6 Å². The standard InChI is InChI=1S/C22H21F4N3O3S/c1-3-5-16-8-10-20(22(24,25)26)29(21(16)32-17-6-4-11-27-13-17)14-15-7-9-19(18(23)12-15)28-33(2,30)31/h3-4,6-13,21,28H,1,5,14H2,2H3. The van der Waals surface area contributed by atoms with Gasteiger partial charge in [-0.25, -0.2) is 12.8 Å². The van der Waals surface area contributed by atoms with Gasteiger partial charge in [0.25, 0.3) is 0 Å². The van der Waals surface area contributed by atoms with Gasteiger partial charge in [0.2, 0.25) is 10.0 Å². The largest absolute Gasteiger partial charge is 0.465 e. The number of sulfonamides is 1. The van der Waals surface area contributed by atoms with E-state index < -0.39 is 33.9 Å². The van der Waals surface area contributed by atoms with Crippen molar-refractivity contribution in [2.24, 2.45) is 0 Å². The highest BCUT2D eigenvalue weighted by atomic mass is 32.2. The Kier molecular flexibility index (Phi) is 7.11. The van der Waals surface area contributed by atoms with E-state index in [4.69, 9.17) is 4.74 Å². The van der Waals surface area contributed by atoms with E-state index in [0.29, 0.717) is 5.57 Å². The van der Waals surface area contributed by atoms with Crippen LogP contribution in [0.15, 0.2) is 78.8 Å². The Bertz CT molecular complexity index is 1180. The molecule has 6 nitrogen and oxygen atoms in total. The first-order valence-corrected chi connectivity index (χ1v) is 11.6. The van der Waals surface area contributed by atoms with Crippen LogP contribution in [0.1, 0.15) is 12.0 Å². The van der Waals surface area contributed by atoms with Crippen molar-refractivity contribution >= 4 is 15.7 Å². The number of rotatable bonds is 8. The van der Waals surface area contributed by atoms with Gasteiger partial charge in [-0.1, -0.05) is 18.2 Å². The second-order valence-corrected chi connectivity index (χ2v) is 9.01. The van der Waals surface area contributed by atoms with Crippen LogP contribution in [0.25, 0.3) is 0 Å². The molecule has 1 unspecified atom stereocenters. The Morgan fingerprint density at radius 3 is 2.61 bits per heavy atom. The van der Waals surface area contributed by atoms with Gasteiger partial charge >= 0.3 is 6.18 Å². The first-order valence-electron chi connectivity index (χ1n) is 9.66. The number of alkyl halides is 3. The maximum Gasteiger partial charge on any atom is 0.431 e. The average Bonchev–Trinajstić information content (AvgIpc) is 2.71. The lowest BCUT2D eigenvalue weighted by atomic mass is 10.0. The van der Waals surface area contributed by atoms with E-state index in [0.717, 1.165) is 29.4 Å². The summed E-state index contributed by atoms with van der Waals surface area (Å²) in [5.74, 6) is -0.663. The molecule has 0 bridgehead atoms. The van der Waals surface area contributed by atoms with Crippen LogP contribution in [0.2, 0.25) is 0 Å². The molecule has 1 aliphatic rings. The average molecular weight is 483 g/mol. The molecule has 1 aliphatic heterocycles. The zero-order chi connectivity index (χ0) is 24.2. The van der Waals surface area contributed by atoms with Gasteiger partial charge in [0.15, 0.2) is 6.23 Å². The second kappa shape index (κ2) is 9.65. The summed E-state index contributed by atoms with van der Waals surface area (Å²) in [7, 11) is -3.73. The van der Waals surface area contributed by atoms with Crippen molar-refractivity contribution in [2.45, 2.75) is 25.4 Å². The molecule has 176 valence electrons. The molecule has 2 aromatic rings. The molecule has 0 radical (unpaired) electrons. The molecule has 1 aromatic carbocycles. The Balaban J connectivity index is 1.99. The third-order valence-electron chi connectivity index (χ3n) is 4.60. The molecule has 11 heteroatoms. The molecular weight excluding hydrogens is 462 g/mol. The molecule has 1 atom stereocenters. The van der Waals surface area contributed by atoms with E-state index in [9.17, 15) is 26.0 Å². The maximum atomic E-state index is 14.5. The summed E-state index contributed by atoms with van der Waals surface area (Å²) in [5.41, 5.74) is -0.580. The van der Waals surface area contributed by atoms with E-state index in [1.807, 2.05) is 4.72 Å². The van der Waals surface area contributed by atoms with E-state index in [-0.39, 0.29) is 30.0 Å². The Morgan fingerprint density at radius 2 is 2.03 bits per heavy atom. The summed E-state index contributed by atoms with van der Waals surface area (Å²) in [5, 5.41) is 0. The highest BCUT2D eigenvalue weighted by Crippen LogP contribution is 2.37. The van der Waals surface area contributed by atoms with Gasteiger partial charge in [-0.2, -0.15) is 13.2 Å². The summed E-state index contributed by atoms with van der Waals surface area (Å²) in [6, 6.07) is 6.63. The van der Waals surface area contributed by atoms with E-state index in [1.165, 1.54) is 24.5 Å². The minimum Gasteiger partial charge on any atom is -0.465 e. The molecule has 0 saturated carbocycles. The number of hydrogen-bond acceptors (Lipinski definition) is 5. The molecule has 0 saturated heterocycles. The van der Waals surface area contributed by atoms with Crippen LogP contribution < -0.4 is 9.46 Å². The molecule has 3 rings (SSSR count). The first-order chi connectivity index (χ1) is 15.5. The summed E-state index contributed by atoms with van der Waals surface area (Å²) in [4.78, 5) is 4.90. The van der Waals surface area contributed by atoms with Crippen LogP contribution in [0.5, 0.6) is 5.75 Å². The molecule has 1 N–H and O–H groups in total. The van der Waals surface area contributed by atoms with E-state index in [2.05, 4.69) is 11.6 Å². The molecular formula is C22H21F4N3O3S. The number of pyridine rings is 1. The number of ether oxygens (including phenoxy) is 1. The van der Waals surface area contributed by atoms with Gasteiger partial charge in [0.1, 0.15) is 17.3 Å². The third kappa shape index (κ3) is 6.35. The normalized spacial score (nSPS) is 16.6. The molecule has 33 heavy (non-hydrogen) atoms. The summed E-state index contributed by atoms with van der Waals surface area (Å²) < 4.78 is 86.7. The van der Waals surface area contributed by atoms with Gasteiger partial charge in [-0.3, -0.25) is 9.71 Å². The van der Waals surface area contributed by atoms with Crippen molar-refractivity contribution < 1.29 is 30.7 Å². The number of nitrogens with zero attached hydrogens (tertiary/aromatic N) is 2. The Labute approximate surface area is 188 Å². The van der Waals surface area contributed by atoms with Gasteiger partial charge in [0, 0.05) is 12.7 Å². The fraction of sp³-hybridized carbons (Fsp3) is 0.227. The number of allylic oxidation sites excluding steroid dienone is 4. The lowest BCUT2D eigenvalue weighted by Gasteiger charge is -2.39.